The van der Waals surface area contributed by atoms with E-state index in [9.17, 15) is 0 Å². The Balaban J connectivity index is -0.0000000450. The summed E-state index contributed by atoms with van der Waals surface area (Å²) in [4.78, 5) is 0. The second kappa shape index (κ2) is 15.7. The van der Waals surface area contributed by atoms with Crippen molar-refractivity contribution in [1.82, 2.24) is 0 Å². The van der Waals surface area contributed by atoms with Crippen molar-refractivity contribution in [2.45, 2.75) is 6.92 Å². The van der Waals surface area contributed by atoms with E-state index in [0.29, 0.717) is 0 Å². The van der Waals surface area contributed by atoms with Gasteiger partial charge in [-0.15, -0.1) is 0 Å². The van der Waals surface area contributed by atoms with E-state index in [4.69, 9.17) is 0 Å². The third-order valence-electron chi connectivity index (χ3n) is 0.316. The summed E-state index contributed by atoms with van der Waals surface area (Å²) in [6, 6.07) is 0. The number of nitrogens with zero attached hydrogens (tertiary/aromatic N) is 1. The molecule has 0 aliphatic carbocycles. The van der Waals surface area contributed by atoms with Crippen LogP contribution in [0.1, 0.15) is 6.92 Å². The summed E-state index contributed by atoms with van der Waals surface area (Å²) in [7, 11) is 1.81. The van der Waals surface area contributed by atoms with E-state index in [2.05, 4.69) is 5.32 Å². The van der Waals surface area contributed by atoms with Crippen LogP contribution in [-0.2, 0) is 26.2 Å². The Morgan fingerprint density at radius 3 is 1.67 bits per heavy atom. The molecule has 0 amide bonds. The van der Waals surface area contributed by atoms with Crippen LogP contribution in [0.4, 0.5) is 0 Å². The molecule has 0 saturated heterocycles. The van der Waals surface area contributed by atoms with Gasteiger partial charge in [0.2, 0.25) is 0 Å². The predicted molar refractivity (Wildman–Crippen MR) is 19.8 cm³/mol. The Morgan fingerprint density at radius 2 is 1.67 bits per heavy atom. The second-order valence-electron chi connectivity index (χ2n) is 0.632. The standard InChI is InChI=1S/C3H8N.Ce.Zr/c1-3-4-2;;/h3H2,1-2H3;;/q-1;;. The van der Waals surface area contributed by atoms with Crippen molar-refractivity contribution in [3.8, 4) is 0 Å². The van der Waals surface area contributed by atoms with Gasteiger partial charge in [-0.1, -0.05) is 6.92 Å². The summed E-state index contributed by atoms with van der Waals surface area (Å²) in [5, 5.41) is 3.74. The fourth-order valence-electron chi connectivity index (χ4n) is 0. The summed E-state index contributed by atoms with van der Waals surface area (Å²) >= 11 is 0. The van der Waals surface area contributed by atoms with Gasteiger partial charge in [0.15, 0.2) is 0 Å². The van der Waals surface area contributed by atoms with E-state index in [-0.39, 0.29) is 68.0 Å². The van der Waals surface area contributed by atoms with E-state index >= 15 is 0 Å². The van der Waals surface area contributed by atoms with Crippen LogP contribution < -0.4 is 0 Å². The number of rotatable bonds is 1. The number of hydrogen-bond acceptors (Lipinski definition) is 0. The van der Waals surface area contributed by atoms with E-state index in [1.807, 2.05) is 6.92 Å². The molecular weight excluding hydrogens is 281 g/mol. The van der Waals surface area contributed by atoms with Crippen LogP contribution in [0.2, 0.25) is 0 Å². The summed E-state index contributed by atoms with van der Waals surface area (Å²) in [5.74, 6) is 0. The Kier molecular flexibility index (Phi) is 41.1. The summed E-state index contributed by atoms with van der Waals surface area (Å²) in [6.07, 6.45) is 0. The molecule has 0 radical (unpaired) electrons. The maximum absolute atomic E-state index is 3.74. The minimum Gasteiger partial charge on any atom is -0.665 e. The van der Waals surface area contributed by atoms with Crippen molar-refractivity contribution in [2.24, 2.45) is 0 Å². The maximum atomic E-state index is 3.74. The van der Waals surface area contributed by atoms with Crippen molar-refractivity contribution in [1.29, 1.82) is 0 Å². The van der Waals surface area contributed by atoms with Crippen molar-refractivity contribution in [2.75, 3.05) is 13.6 Å². The van der Waals surface area contributed by atoms with Crippen LogP contribution in [0, 0.1) is 41.7 Å². The minimum atomic E-state index is 0. The van der Waals surface area contributed by atoms with Crippen LogP contribution in [0.15, 0.2) is 0 Å². The molecule has 3 heteroatoms. The third kappa shape index (κ3) is 16.3. The molecule has 0 aromatic carbocycles. The average molecular weight is 289 g/mol. The quantitative estimate of drug-likeness (QED) is 0.684. The predicted octanol–water partition coefficient (Wildman–Crippen LogP) is 1.01. The Labute approximate surface area is 92.2 Å². The zero-order valence-electron chi connectivity index (χ0n) is 4.15. The molecule has 0 spiro atoms. The summed E-state index contributed by atoms with van der Waals surface area (Å²) in [5.41, 5.74) is 0. The van der Waals surface area contributed by atoms with Gasteiger partial charge in [0.1, 0.15) is 0 Å². The molecule has 0 rings (SSSR count). The fourth-order valence-corrected chi connectivity index (χ4v) is 0. The minimum absolute atomic E-state index is 0. The van der Waals surface area contributed by atoms with E-state index < -0.39 is 0 Å². The van der Waals surface area contributed by atoms with Crippen molar-refractivity contribution >= 4 is 0 Å². The molecule has 34 valence electrons. The monoisotopic (exact) mass is 288 g/mol. The molecule has 0 aliphatic rings. The first kappa shape index (κ1) is 15.7. The van der Waals surface area contributed by atoms with Gasteiger partial charge in [-0.05, 0) is 0 Å². The molecule has 0 aliphatic heterocycles. The van der Waals surface area contributed by atoms with Crippen molar-refractivity contribution in [3.05, 3.63) is 5.32 Å². The van der Waals surface area contributed by atoms with Crippen molar-refractivity contribution in [3.63, 3.8) is 0 Å². The zero-order valence-corrected chi connectivity index (χ0v) is 9.75. The molecular formula is C3H8CeNZr-. The first-order valence-electron chi connectivity index (χ1n) is 1.47. The van der Waals surface area contributed by atoms with Crippen LogP contribution in [-0.4, -0.2) is 13.6 Å². The number of hydrogen-bond donors (Lipinski definition) is 0. The van der Waals surface area contributed by atoms with E-state index in [1.165, 1.54) is 0 Å². The van der Waals surface area contributed by atoms with E-state index in [0.717, 1.165) is 6.54 Å². The molecule has 0 N–H and O–H groups in total. The third-order valence-corrected chi connectivity index (χ3v) is 0.316. The van der Waals surface area contributed by atoms with E-state index in [1.54, 1.807) is 7.05 Å². The molecule has 1 nitrogen and oxygen atoms in total. The summed E-state index contributed by atoms with van der Waals surface area (Å²) in [6.45, 7) is 2.96. The fraction of sp³-hybridized carbons (Fsp3) is 1.00. The van der Waals surface area contributed by atoms with Gasteiger partial charge in [0.05, 0.1) is 0 Å². The molecule has 0 bridgehead atoms. The summed E-state index contributed by atoms with van der Waals surface area (Å²) < 4.78 is 0. The topological polar surface area (TPSA) is 14.1 Å². The zero-order chi connectivity index (χ0) is 3.41. The Hall–Kier alpha value is 2.22. The van der Waals surface area contributed by atoms with Gasteiger partial charge < -0.3 is 5.32 Å². The SMILES string of the molecule is CC[N-]C.[Ce].[Zr]. The Morgan fingerprint density at radius 1 is 1.50 bits per heavy atom. The first-order chi connectivity index (χ1) is 1.91. The molecule has 0 fully saturated rings. The van der Waals surface area contributed by atoms with Crippen LogP contribution in [0.25, 0.3) is 5.32 Å². The molecule has 0 atom stereocenters. The molecule has 0 heterocycles. The maximum Gasteiger partial charge on any atom is 0 e. The van der Waals surface area contributed by atoms with Gasteiger partial charge in [0, 0.05) is 68.0 Å². The van der Waals surface area contributed by atoms with Crippen LogP contribution >= 0.6 is 0 Å². The van der Waals surface area contributed by atoms with Crippen LogP contribution in [0.3, 0.4) is 0 Å². The van der Waals surface area contributed by atoms with Crippen LogP contribution in [0.5, 0.6) is 0 Å². The largest absolute Gasteiger partial charge is 0.665 e. The van der Waals surface area contributed by atoms with Crippen molar-refractivity contribution < 1.29 is 68.0 Å². The molecule has 0 unspecified atom stereocenters. The average Bonchev–Trinajstić information content (AvgIpc) is 1.37. The second-order valence-corrected chi connectivity index (χ2v) is 0.632. The Bertz CT molecular complexity index is 12.8. The van der Waals surface area contributed by atoms with Gasteiger partial charge in [-0.3, -0.25) is 0 Å². The molecule has 0 aromatic heterocycles. The first-order valence-corrected chi connectivity index (χ1v) is 1.47. The van der Waals surface area contributed by atoms with Gasteiger partial charge >= 0.3 is 0 Å². The smallest absolute Gasteiger partial charge is 0 e. The van der Waals surface area contributed by atoms with Gasteiger partial charge in [0.25, 0.3) is 0 Å². The van der Waals surface area contributed by atoms with Gasteiger partial charge in [-0.25, -0.2) is 0 Å². The normalized spacial score (nSPS) is 5.00. The molecule has 0 aromatic rings. The molecule has 6 heavy (non-hydrogen) atoms. The molecule has 0 saturated carbocycles. The van der Waals surface area contributed by atoms with Gasteiger partial charge in [-0.2, -0.15) is 13.6 Å².